The number of anilines is 1. The summed E-state index contributed by atoms with van der Waals surface area (Å²) in [7, 11) is 0. The van der Waals surface area contributed by atoms with Crippen LogP contribution in [0.1, 0.15) is 19.8 Å². The third-order valence-electron chi connectivity index (χ3n) is 2.94. The number of amides is 1. The van der Waals surface area contributed by atoms with Gasteiger partial charge in [0.2, 0.25) is 5.91 Å². The summed E-state index contributed by atoms with van der Waals surface area (Å²) in [6.07, 6.45) is 5.00. The van der Waals surface area contributed by atoms with Crippen molar-refractivity contribution in [1.82, 2.24) is 20.2 Å². The summed E-state index contributed by atoms with van der Waals surface area (Å²) in [4.78, 5) is 11.8. The molecule has 1 heterocycles. The van der Waals surface area contributed by atoms with Crippen LogP contribution in [0, 0.1) is 0 Å². The molecule has 7 heteroatoms. The standard InChI is InChI=1S/C13H17N5OS/c1-10(20-2)3-8-13(19)15-11-4-6-12(7-5-11)18-9-14-16-17-18/h4-7,9-10H,3,8H2,1-2H3,(H,15,19). The molecule has 0 bridgehead atoms. The molecular formula is C13H17N5OS. The Morgan fingerprint density at radius 3 is 2.75 bits per heavy atom. The highest BCUT2D eigenvalue weighted by atomic mass is 32.2. The summed E-state index contributed by atoms with van der Waals surface area (Å²) >= 11 is 1.77. The molecule has 0 aliphatic carbocycles. The summed E-state index contributed by atoms with van der Waals surface area (Å²) in [5.74, 6) is 0.0427. The SMILES string of the molecule is CSC(C)CCC(=O)Nc1ccc(-n2cnnn2)cc1. The second-order valence-corrected chi connectivity index (χ2v) is 5.71. The number of carbonyl (C=O) groups excluding carboxylic acids is 1. The number of benzene rings is 1. The Bertz CT molecular complexity index is 540. The maximum absolute atomic E-state index is 11.8. The minimum absolute atomic E-state index is 0.0427. The average molecular weight is 291 g/mol. The van der Waals surface area contributed by atoms with Crippen molar-refractivity contribution >= 4 is 23.4 Å². The van der Waals surface area contributed by atoms with Gasteiger partial charge in [-0.25, -0.2) is 4.68 Å². The van der Waals surface area contributed by atoms with E-state index in [1.54, 1.807) is 16.4 Å². The van der Waals surface area contributed by atoms with Gasteiger partial charge in [0.05, 0.1) is 5.69 Å². The molecule has 6 nitrogen and oxygen atoms in total. The average Bonchev–Trinajstić information content (AvgIpc) is 2.99. The van der Waals surface area contributed by atoms with Crippen molar-refractivity contribution in [3.8, 4) is 5.69 Å². The zero-order valence-corrected chi connectivity index (χ0v) is 12.3. The molecule has 1 amide bonds. The van der Waals surface area contributed by atoms with Crippen LogP contribution in [-0.4, -0.2) is 37.6 Å². The van der Waals surface area contributed by atoms with E-state index in [2.05, 4.69) is 34.0 Å². The number of hydrogen-bond acceptors (Lipinski definition) is 5. The monoisotopic (exact) mass is 291 g/mol. The molecule has 1 atom stereocenters. The lowest BCUT2D eigenvalue weighted by Gasteiger charge is -2.09. The summed E-state index contributed by atoms with van der Waals surface area (Å²) < 4.78 is 1.56. The van der Waals surface area contributed by atoms with Crippen LogP contribution in [0.15, 0.2) is 30.6 Å². The fourth-order valence-electron chi connectivity index (χ4n) is 1.65. The van der Waals surface area contributed by atoms with Crippen LogP contribution < -0.4 is 5.32 Å². The summed E-state index contributed by atoms with van der Waals surface area (Å²) in [5.41, 5.74) is 1.63. The van der Waals surface area contributed by atoms with Gasteiger partial charge in [0, 0.05) is 17.4 Å². The summed E-state index contributed by atoms with van der Waals surface area (Å²) in [5, 5.41) is 14.3. The maximum Gasteiger partial charge on any atom is 0.224 e. The van der Waals surface area contributed by atoms with Crippen molar-refractivity contribution in [2.45, 2.75) is 25.0 Å². The van der Waals surface area contributed by atoms with Gasteiger partial charge in [-0.05, 0) is 47.4 Å². The lowest BCUT2D eigenvalue weighted by molar-refractivity contribution is -0.116. The van der Waals surface area contributed by atoms with Crippen LogP contribution in [0.2, 0.25) is 0 Å². The van der Waals surface area contributed by atoms with Gasteiger partial charge in [0.1, 0.15) is 6.33 Å². The van der Waals surface area contributed by atoms with E-state index in [9.17, 15) is 4.79 Å². The highest BCUT2D eigenvalue weighted by molar-refractivity contribution is 7.99. The van der Waals surface area contributed by atoms with Gasteiger partial charge in [-0.3, -0.25) is 4.79 Å². The fourth-order valence-corrected chi connectivity index (χ4v) is 2.01. The number of nitrogens with one attached hydrogen (secondary N) is 1. The molecule has 0 saturated carbocycles. The molecule has 0 aliphatic rings. The Morgan fingerprint density at radius 1 is 1.40 bits per heavy atom. The van der Waals surface area contributed by atoms with Crippen LogP contribution in [0.3, 0.4) is 0 Å². The normalized spacial score (nSPS) is 12.1. The number of nitrogens with zero attached hydrogens (tertiary/aromatic N) is 4. The largest absolute Gasteiger partial charge is 0.326 e. The smallest absolute Gasteiger partial charge is 0.224 e. The second kappa shape index (κ2) is 7.04. The molecule has 2 rings (SSSR count). The van der Waals surface area contributed by atoms with Gasteiger partial charge in [-0.15, -0.1) is 5.10 Å². The second-order valence-electron chi connectivity index (χ2n) is 4.43. The van der Waals surface area contributed by atoms with Gasteiger partial charge < -0.3 is 5.32 Å². The van der Waals surface area contributed by atoms with Gasteiger partial charge in [-0.1, -0.05) is 6.92 Å². The molecule has 1 N–H and O–H groups in total. The first-order valence-corrected chi connectivity index (χ1v) is 7.64. The summed E-state index contributed by atoms with van der Waals surface area (Å²) in [6, 6.07) is 7.40. The number of tetrazole rings is 1. The Labute approximate surface area is 121 Å². The zero-order chi connectivity index (χ0) is 14.4. The number of carbonyl (C=O) groups is 1. The number of hydrogen-bond donors (Lipinski definition) is 1. The lowest BCUT2D eigenvalue weighted by Crippen LogP contribution is -2.13. The number of thioether (sulfide) groups is 1. The first-order chi connectivity index (χ1) is 9.69. The van der Waals surface area contributed by atoms with E-state index in [0.29, 0.717) is 11.7 Å². The predicted octanol–water partition coefficient (Wildman–Crippen LogP) is 2.13. The molecule has 1 aromatic carbocycles. The predicted molar refractivity (Wildman–Crippen MR) is 80.0 cm³/mol. The van der Waals surface area contributed by atoms with Gasteiger partial charge in [-0.2, -0.15) is 11.8 Å². The van der Waals surface area contributed by atoms with E-state index in [0.717, 1.165) is 17.8 Å². The van der Waals surface area contributed by atoms with Crippen LogP contribution in [0.25, 0.3) is 5.69 Å². The maximum atomic E-state index is 11.8. The highest BCUT2D eigenvalue weighted by Crippen LogP contribution is 2.15. The van der Waals surface area contributed by atoms with E-state index < -0.39 is 0 Å². The van der Waals surface area contributed by atoms with Crippen molar-refractivity contribution in [1.29, 1.82) is 0 Å². The Morgan fingerprint density at radius 2 is 2.15 bits per heavy atom. The fraction of sp³-hybridized carbons (Fsp3) is 0.385. The van der Waals surface area contributed by atoms with E-state index >= 15 is 0 Å². The van der Waals surface area contributed by atoms with Gasteiger partial charge >= 0.3 is 0 Å². The minimum Gasteiger partial charge on any atom is -0.326 e. The molecular weight excluding hydrogens is 274 g/mol. The van der Waals surface area contributed by atoms with Crippen LogP contribution >= 0.6 is 11.8 Å². The van der Waals surface area contributed by atoms with Gasteiger partial charge in [0.15, 0.2) is 0 Å². The third kappa shape index (κ3) is 4.06. The lowest BCUT2D eigenvalue weighted by atomic mass is 10.2. The first-order valence-electron chi connectivity index (χ1n) is 6.35. The van der Waals surface area contributed by atoms with E-state index in [1.807, 2.05) is 24.3 Å². The number of aromatic nitrogens is 4. The molecule has 2 aromatic rings. The Kier molecular flexibility index (Phi) is 5.11. The zero-order valence-electron chi connectivity index (χ0n) is 11.5. The van der Waals surface area contributed by atoms with Crippen LogP contribution in [-0.2, 0) is 4.79 Å². The molecule has 0 fully saturated rings. The quantitative estimate of drug-likeness (QED) is 0.882. The topological polar surface area (TPSA) is 72.7 Å². The highest BCUT2D eigenvalue weighted by Gasteiger charge is 2.06. The van der Waals surface area contributed by atoms with Crippen LogP contribution in [0.5, 0.6) is 0 Å². The third-order valence-corrected chi connectivity index (χ3v) is 3.99. The summed E-state index contributed by atoms with van der Waals surface area (Å²) in [6.45, 7) is 2.12. The molecule has 1 aromatic heterocycles. The number of rotatable bonds is 6. The van der Waals surface area contributed by atoms with Crippen molar-refractivity contribution in [2.24, 2.45) is 0 Å². The Balaban J connectivity index is 1.89. The molecule has 0 spiro atoms. The van der Waals surface area contributed by atoms with E-state index in [1.165, 1.54) is 6.33 Å². The van der Waals surface area contributed by atoms with E-state index in [4.69, 9.17) is 0 Å². The molecule has 20 heavy (non-hydrogen) atoms. The molecule has 106 valence electrons. The first kappa shape index (κ1) is 14.5. The molecule has 0 aliphatic heterocycles. The van der Waals surface area contributed by atoms with Crippen molar-refractivity contribution in [3.05, 3.63) is 30.6 Å². The van der Waals surface area contributed by atoms with Crippen LogP contribution in [0.4, 0.5) is 5.69 Å². The van der Waals surface area contributed by atoms with Crippen molar-refractivity contribution in [2.75, 3.05) is 11.6 Å². The van der Waals surface area contributed by atoms with Gasteiger partial charge in [0.25, 0.3) is 0 Å². The van der Waals surface area contributed by atoms with Crippen molar-refractivity contribution < 1.29 is 4.79 Å². The van der Waals surface area contributed by atoms with Crippen molar-refractivity contribution in [3.63, 3.8) is 0 Å². The van der Waals surface area contributed by atoms with E-state index in [-0.39, 0.29) is 5.91 Å². The minimum atomic E-state index is 0.0427. The molecule has 1 unspecified atom stereocenters. The Hall–Kier alpha value is -1.89. The molecule has 0 radical (unpaired) electrons. The molecule has 0 saturated heterocycles.